The van der Waals surface area contributed by atoms with Gasteiger partial charge in [0.1, 0.15) is 0 Å². The van der Waals surface area contributed by atoms with E-state index < -0.39 is 0 Å². The highest BCUT2D eigenvalue weighted by molar-refractivity contribution is 5.10. The summed E-state index contributed by atoms with van der Waals surface area (Å²) in [5.41, 5.74) is 2.23. The van der Waals surface area contributed by atoms with Gasteiger partial charge < -0.3 is 0 Å². The molecule has 16 heavy (non-hydrogen) atoms. The summed E-state index contributed by atoms with van der Waals surface area (Å²) in [6, 6.07) is 4.53. The fourth-order valence-electron chi connectivity index (χ4n) is 1.74. The van der Waals surface area contributed by atoms with Crippen LogP contribution in [0, 0.1) is 0 Å². The molecule has 0 bridgehead atoms. The van der Waals surface area contributed by atoms with Gasteiger partial charge in [-0.1, -0.05) is 6.92 Å². The standard InChI is InChI=1S/C12H18N4/c1-9(2)16-7-5-11(15-16)8-10(3)12-4-6-13-14-12/h4-7,9-10H,8H2,1-3H3,(H,13,14). The number of hydrogen-bond acceptors (Lipinski definition) is 2. The molecule has 2 aromatic heterocycles. The molecule has 0 aliphatic heterocycles. The maximum atomic E-state index is 4.54. The van der Waals surface area contributed by atoms with Crippen LogP contribution in [-0.4, -0.2) is 20.0 Å². The van der Waals surface area contributed by atoms with E-state index in [0.717, 1.165) is 17.8 Å². The number of aromatic nitrogens is 4. The van der Waals surface area contributed by atoms with Gasteiger partial charge in [0.15, 0.2) is 0 Å². The molecule has 1 N–H and O–H groups in total. The second-order valence-corrected chi connectivity index (χ2v) is 4.49. The Hall–Kier alpha value is -1.58. The maximum absolute atomic E-state index is 4.54. The normalized spacial score (nSPS) is 13.2. The molecule has 0 fully saturated rings. The Morgan fingerprint density at radius 2 is 2.12 bits per heavy atom. The second kappa shape index (κ2) is 4.51. The first-order valence-electron chi connectivity index (χ1n) is 5.70. The van der Waals surface area contributed by atoms with Gasteiger partial charge in [-0.05, 0) is 32.4 Å². The van der Waals surface area contributed by atoms with Crippen LogP contribution in [0.1, 0.15) is 44.1 Å². The van der Waals surface area contributed by atoms with E-state index in [0.29, 0.717) is 12.0 Å². The third-order valence-electron chi connectivity index (χ3n) is 2.74. The molecule has 2 heterocycles. The van der Waals surface area contributed by atoms with Gasteiger partial charge in [-0.15, -0.1) is 0 Å². The molecule has 2 aromatic rings. The van der Waals surface area contributed by atoms with Crippen molar-refractivity contribution in [1.82, 2.24) is 20.0 Å². The van der Waals surface area contributed by atoms with Crippen LogP contribution < -0.4 is 0 Å². The summed E-state index contributed by atoms with van der Waals surface area (Å²) in [5.74, 6) is 0.404. The summed E-state index contributed by atoms with van der Waals surface area (Å²) in [4.78, 5) is 0. The van der Waals surface area contributed by atoms with Crippen LogP contribution in [0.25, 0.3) is 0 Å². The van der Waals surface area contributed by atoms with E-state index >= 15 is 0 Å². The molecule has 1 atom stereocenters. The van der Waals surface area contributed by atoms with Crippen LogP contribution >= 0.6 is 0 Å². The van der Waals surface area contributed by atoms with Crippen molar-refractivity contribution >= 4 is 0 Å². The van der Waals surface area contributed by atoms with Crippen molar-refractivity contribution in [2.24, 2.45) is 0 Å². The topological polar surface area (TPSA) is 46.5 Å². The van der Waals surface area contributed by atoms with Gasteiger partial charge in [-0.3, -0.25) is 9.78 Å². The molecule has 2 rings (SSSR count). The summed E-state index contributed by atoms with van der Waals surface area (Å²) in [5, 5.41) is 11.6. The lowest BCUT2D eigenvalue weighted by atomic mass is 10.0. The minimum absolute atomic E-state index is 0.404. The number of aromatic amines is 1. The second-order valence-electron chi connectivity index (χ2n) is 4.49. The minimum Gasteiger partial charge on any atom is -0.285 e. The molecule has 0 aromatic carbocycles. The van der Waals surface area contributed by atoms with Crippen molar-refractivity contribution in [1.29, 1.82) is 0 Å². The van der Waals surface area contributed by atoms with Gasteiger partial charge in [-0.25, -0.2) is 0 Å². The molecule has 0 radical (unpaired) electrons. The zero-order chi connectivity index (χ0) is 11.5. The number of nitrogens with zero attached hydrogens (tertiary/aromatic N) is 3. The zero-order valence-electron chi connectivity index (χ0n) is 10.0. The molecular weight excluding hydrogens is 200 g/mol. The summed E-state index contributed by atoms with van der Waals surface area (Å²) in [6.45, 7) is 6.44. The van der Waals surface area contributed by atoms with Crippen LogP contribution in [0.2, 0.25) is 0 Å². The Bertz CT molecular complexity index is 428. The smallest absolute Gasteiger partial charge is 0.0654 e. The molecule has 4 nitrogen and oxygen atoms in total. The van der Waals surface area contributed by atoms with E-state index in [9.17, 15) is 0 Å². The van der Waals surface area contributed by atoms with Gasteiger partial charge in [0.25, 0.3) is 0 Å². The van der Waals surface area contributed by atoms with Crippen molar-refractivity contribution in [3.63, 3.8) is 0 Å². The first kappa shape index (κ1) is 10.9. The van der Waals surface area contributed by atoms with E-state index in [2.05, 4.69) is 42.1 Å². The van der Waals surface area contributed by atoms with Gasteiger partial charge in [0.05, 0.1) is 11.4 Å². The van der Waals surface area contributed by atoms with Crippen LogP contribution in [0.15, 0.2) is 24.5 Å². The van der Waals surface area contributed by atoms with E-state index in [1.165, 1.54) is 0 Å². The van der Waals surface area contributed by atoms with Gasteiger partial charge >= 0.3 is 0 Å². The predicted octanol–water partition coefficient (Wildman–Crippen LogP) is 2.53. The largest absolute Gasteiger partial charge is 0.285 e. The number of hydrogen-bond donors (Lipinski definition) is 1. The number of rotatable bonds is 4. The van der Waals surface area contributed by atoms with Crippen molar-refractivity contribution in [3.8, 4) is 0 Å². The molecular formula is C12H18N4. The van der Waals surface area contributed by atoms with E-state index in [4.69, 9.17) is 0 Å². The highest BCUT2D eigenvalue weighted by atomic mass is 15.3. The van der Waals surface area contributed by atoms with Crippen LogP contribution in [0.4, 0.5) is 0 Å². The fraction of sp³-hybridized carbons (Fsp3) is 0.500. The molecule has 0 saturated heterocycles. The lowest BCUT2D eigenvalue weighted by Crippen LogP contribution is -2.04. The monoisotopic (exact) mass is 218 g/mol. The van der Waals surface area contributed by atoms with E-state index in [-0.39, 0.29) is 0 Å². The predicted molar refractivity (Wildman–Crippen MR) is 63.3 cm³/mol. The maximum Gasteiger partial charge on any atom is 0.0654 e. The van der Waals surface area contributed by atoms with Crippen molar-refractivity contribution in [2.45, 2.75) is 39.2 Å². The summed E-state index contributed by atoms with van der Waals surface area (Å²) in [6.07, 6.45) is 4.83. The highest BCUT2D eigenvalue weighted by Gasteiger charge is 2.11. The average Bonchev–Trinajstić information content (AvgIpc) is 2.87. The number of H-pyrrole nitrogens is 1. The Labute approximate surface area is 95.7 Å². The van der Waals surface area contributed by atoms with Crippen molar-refractivity contribution in [3.05, 3.63) is 35.9 Å². The van der Waals surface area contributed by atoms with Crippen LogP contribution in [0.3, 0.4) is 0 Å². The molecule has 0 aliphatic carbocycles. The van der Waals surface area contributed by atoms with E-state index in [1.807, 2.05) is 23.1 Å². The molecule has 0 saturated carbocycles. The molecule has 86 valence electrons. The third kappa shape index (κ3) is 2.32. The third-order valence-corrected chi connectivity index (χ3v) is 2.74. The molecule has 4 heteroatoms. The fourth-order valence-corrected chi connectivity index (χ4v) is 1.74. The Morgan fingerprint density at radius 3 is 2.69 bits per heavy atom. The molecule has 0 spiro atoms. The van der Waals surface area contributed by atoms with Gasteiger partial charge in [0.2, 0.25) is 0 Å². The Kier molecular flexibility index (Phi) is 3.08. The van der Waals surface area contributed by atoms with Crippen molar-refractivity contribution in [2.75, 3.05) is 0 Å². The summed E-state index contributed by atoms with van der Waals surface area (Å²) >= 11 is 0. The minimum atomic E-state index is 0.404. The molecule has 1 unspecified atom stereocenters. The van der Waals surface area contributed by atoms with Crippen LogP contribution in [0.5, 0.6) is 0 Å². The summed E-state index contributed by atoms with van der Waals surface area (Å²) < 4.78 is 1.99. The zero-order valence-corrected chi connectivity index (χ0v) is 10.0. The lowest BCUT2D eigenvalue weighted by Gasteiger charge is -2.06. The van der Waals surface area contributed by atoms with Gasteiger partial charge in [-0.2, -0.15) is 10.2 Å². The SMILES string of the molecule is CC(Cc1ccn(C(C)C)n1)c1cc[nH]n1. The van der Waals surface area contributed by atoms with E-state index in [1.54, 1.807) is 0 Å². The van der Waals surface area contributed by atoms with Crippen LogP contribution in [-0.2, 0) is 6.42 Å². The first-order valence-corrected chi connectivity index (χ1v) is 5.70. The summed E-state index contributed by atoms with van der Waals surface area (Å²) in [7, 11) is 0. The van der Waals surface area contributed by atoms with Gasteiger partial charge in [0, 0.05) is 24.4 Å². The first-order chi connectivity index (χ1) is 7.66. The quantitative estimate of drug-likeness (QED) is 0.857. The Morgan fingerprint density at radius 1 is 1.31 bits per heavy atom. The number of nitrogens with one attached hydrogen (secondary N) is 1. The molecule has 0 aliphatic rings. The molecule has 0 amide bonds. The van der Waals surface area contributed by atoms with Crippen molar-refractivity contribution < 1.29 is 0 Å². The lowest BCUT2D eigenvalue weighted by molar-refractivity contribution is 0.523. The average molecular weight is 218 g/mol. The Balaban J connectivity index is 2.03. The highest BCUT2D eigenvalue weighted by Crippen LogP contribution is 2.17.